The van der Waals surface area contributed by atoms with Crippen molar-refractivity contribution in [2.45, 2.75) is 24.7 Å². The van der Waals surface area contributed by atoms with Gasteiger partial charge in [0.25, 0.3) is 0 Å². The van der Waals surface area contributed by atoms with Crippen LogP contribution in [0.1, 0.15) is 29.5 Å². The van der Waals surface area contributed by atoms with Crippen LogP contribution in [0.4, 0.5) is 0 Å². The molecule has 1 aliphatic carbocycles. The fourth-order valence-electron chi connectivity index (χ4n) is 6.24. The lowest BCUT2D eigenvalue weighted by atomic mass is 9.56. The van der Waals surface area contributed by atoms with E-state index in [-0.39, 0.29) is 35.4 Å². The van der Waals surface area contributed by atoms with Crippen molar-refractivity contribution >= 4 is 11.7 Å². The molecule has 0 spiro atoms. The standard InChI is InChI=1S/C30H31NO4/c1-34-27-14-9-15-28(35-2)23(27)18-29(33)31-19-24-25(20-31)30(17-16-26(24)32,21-10-5-3-6-11-21)22-12-7-4-8-13-22/h3-15,24-25H,16-20H2,1-2H3. The Balaban J connectivity index is 1.51. The van der Waals surface area contributed by atoms with Gasteiger partial charge in [-0.1, -0.05) is 66.7 Å². The second kappa shape index (κ2) is 9.57. The van der Waals surface area contributed by atoms with Gasteiger partial charge in [0.05, 0.1) is 20.6 Å². The first-order chi connectivity index (χ1) is 17.1. The highest BCUT2D eigenvalue weighted by Gasteiger charge is 2.55. The highest BCUT2D eigenvalue weighted by atomic mass is 16.5. The predicted octanol–water partition coefficient (Wildman–Crippen LogP) is 4.67. The van der Waals surface area contributed by atoms with Crippen molar-refractivity contribution in [2.75, 3.05) is 27.3 Å². The molecule has 1 aliphatic heterocycles. The van der Waals surface area contributed by atoms with Crippen molar-refractivity contribution < 1.29 is 19.1 Å². The van der Waals surface area contributed by atoms with Gasteiger partial charge in [-0.05, 0) is 29.7 Å². The fraction of sp³-hybridized carbons (Fsp3) is 0.333. The first-order valence-corrected chi connectivity index (χ1v) is 12.2. The Morgan fingerprint density at radius 3 is 1.97 bits per heavy atom. The topological polar surface area (TPSA) is 55.8 Å². The lowest BCUT2D eigenvalue weighted by Gasteiger charge is -2.45. The van der Waals surface area contributed by atoms with Crippen LogP contribution in [0.3, 0.4) is 0 Å². The lowest BCUT2D eigenvalue weighted by molar-refractivity contribution is -0.129. The van der Waals surface area contributed by atoms with E-state index in [1.807, 2.05) is 35.2 Å². The molecule has 0 bridgehead atoms. The summed E-state index contributed by atoms with van der Waals surface area (Å²) < 4.78 is 11.0. The van der Waals surface area contributed by atoms with Gasteiger partial charge in [0.15, 0.2) is 0 Å². The number of methoxy groups -OCH3 is 2. The minimum atomic E-state index is -0.307. The molecule has 1 saturated heterocycles. The normalized spacial score (nSPS) is 20.9. The maximum absolute atomic E-state index is 13.6. The molecule has 2 fully saturated rings. The number of ether oxygens (including phenoxy) is 2. The number of carbonyl (C=O) groups is 2. The summed E-state index contributed by atoms with van der Waals surface area (Å²) in [6, 6.07) is 26.5. The van der Waals surface area contributed by atoms with Crippen LogP contribution in [-0.2, 0) is 21.4 Å². The van der Waals surface area contributed by atoms with Crippen molar-refractivity contribution in [1.29, 1.82) is 0 Å². The monoisotopic (exact) mass is 469 g/mol. The van der Waals surface area contributed by atoms with Gasteiger partial charge in [-0.2, -0.15) is 0 Å². The van der Waals surface area contributed by atoms with Gasteiger partial charge in [-0.25, -0.2) is 0 Å². The maximum atomic E-state index is 13.6. The number of fused-ring (bicyclic) bond motifs is 1. The SMILES string of the molecule is COc1cccc(OC)c1CC(=O)N1CC2C(=O)CCC(c3ccccc3)(c3ccccc3)C2C1. The summed E-state index contributed by atoms with van der Waals surface area (Å²) in [5, 5.41) is 0. The van der Waals surface area contributed by atoms with Crippen LogP contribution in [0.15, 0.2) is 78.9 Å². The van der Waals surface area contributed by atoms with E-state index in [4.69, 9.17) is 9.47 Å². The third-order valence-corrected chi connectivity index (χ3v) is 7.92. The molecule has 3 aromatic carbocycles. The van der Waals surface area contributed by atoms with Crippen LogP contribution in [0.25, 0.3) is 0 Å². The molecular weight excluding hydrogens is 438 g/mol. The number of nitrogens with zero attached hydrogens (tertiary/aromatic N) is 1. The lowest BCUT2D eigenvalue weighted by Crippen LogP contribution is -2.47. The average molecular weight is 470 g/mol. The van der Waals surface area contributed by atoms with E-state index < -0.39 is 0 Å². The van der Waals surface area contributed by atoms with Crippen LogP contribution in [0.2, 0.25) is 0 Å². The Hall–Kier alpha value is -3.60. The second-order valence-electron chi connectivity index (χ2n) is 9.50. The Morgan fingerprint density at radius 2 is 1.43 bits per heavy atom. The molecule has 0 radical (unpaired) electrons. The van der Waals surface area contributed by atoms with Gasteiger partial charge in [0.2, 0.25) is 5.91 Å². The summed E-state index contributed by atoms with van der Waals surface area (Å²) in [5.74, 6) is 1.37. The molecule has 5 heteroatoms. The zero-order valence-electron chi connectivity index (χ0n) is 20.3. The molecule has 35 heavy (non-hydrogen) atoms. The zero-order valence-corrected chi connectivity index (χ0v) is 20.3. The number of amides is 1. The van der Waals surface area contributed by atoms with Crippen molar-refractivity contribution in [3.8, 4) is 11.5 Å². The quantitative estimate of drug-likeness (QED) is 0.527. The Kier molecular flexibility index (Phi) is 6.33. The molecule has 2 atom stereocenters. The van der Waals surface area contributed by atoms with Gasteiger partial charge in [0.1, 0.15) is 17.3 Å². The third-order valence-electron chi connectivity index (χ3n) is 7.92. The largest absolute Gasteiger partial charge is 0.496 e. The van der Waals surface area contributed by atoms with Gasteiger partial charge in [-0.3, -0.25) is 9.59 Å². The van der Waals surface area contributed by atoms with Gasteiger partial charge >= 0.3 is 0 Å². The van der Waals surface area contributed by atoms with Crippen LogP contribution >= 0.6 is 0 Å². The molecule has 0 aromatic heterocycles. The van der Waals surface area contributed by atoms with E-state index in [2.05, 4.69) is 48.5 Å². The fourth-order valence-corrected chi connectivity index (χ4v) is 6.24. The number of likely N-dealkylation sites (tertiary alicyclic amines) is 1. The van der Waals surface area contributed by atoms with Crippen LogP contribution in [-0.4, -0.2) is 43.9 Å². The van der Waals surface area contributed by atoms with Gasteiger partial charge in [-0.15, -0.1) is 0 Å². The van der Waals surface area contributed by atoms with E-state index in [0.717, 1.165) is 12.0 Å². The molecule has 3 aromatic rings. The maximum Gasteiger partial charge on any atom is 0.227 e. The Morgan fingerprint density at radius 1 is 0.857 bits per heavy atom. The minimum absolute atomic E-state index is 0.00924. The average Bonchev–Trinajstić information content (AvgIpc) is 3.37. The summed E-state index contributed by atoms with van der Waals surface area (Å²) in [6.45, 7) is 1.01. The summed E-state index contributed by atoms with van der Waals surface area (Å²) in [5.41, 5.74) is 2.86. The molecule has 1 amide bonds. The second-order valence-corrected chi connectivity index (χ2v) is 9.50. The molecule has 1 heterocycles. The van der Waals surface area contributed by atoms with Crippen molar-refractivity contribution in [3.05, 3.63) is 95.6 Å². The zero-order chi connectivity index (χ0) is 24.4. The third kappa shape index (κ3) is 3.99. The van der Waals surface area contributed by atoms with Crippen LogP contribution < -0.4 is 9.47 Å². The summed E-state index contributed by atoms with van der Waals surface area (Å²) in [7, 11) is 3.19. The first-order valence-electron chi connectivity index (χ1n) is 12.2. The molecule has 5 nitrogen and oxygen atoms in total. The van der Waals surface area contributed by atoms with Gasteiger partial charge in [0, 0.05) is 42.3 Å². The van der Waals surface area contributed by atoms with E-state index in [0.29, 0.717) is 31.0 Å². The summed E-state index contributed by atoms with van der Waals surface area (Å²) in [4.78, 5) is 28.6. The van der Waals surface area contributed by atoms with E-state index in [9.17, 15) is 9.59 Å². The number of carbonyl (C=O) groups excluding carboxylic acids is 2. The minimum Gasteiger partial charge on any atom is -0.496 e. The summed E-state index contributed by atoms with van der Waals surface area (Å²) >= 11 is 0. The summed E-state index contributed by atoms with van der Waals surface area (Å²) in [6.07, 6.45) is 1.45. The smallest absolute Gasteiger partial charge is 0.227 e. The van der Waals surface area contributed by atoms with Crippen molar-refractivity contribution in [2.24, 2.45) is 11.8 Å². The number of ketones is 1. The molecule has 0 N–H and O–H groups in total. The van der Waals surface area contributed by atoms with E-state index in [1.165, 1.54) is 11.1 Å². The Bertz CT molecular complexity index is 1150. The molecular formula is C30H31NO4. The number of hydrogen-bond donors (Lipinski definition) is 0. The van der Waals surface area contributed by atoms with E-state index >= 15 is 0 Å². The number of rotatable bonds is 6. The van der Waals surface area contributed by atoms with Gasteiger partial charge < -0.3 is 14.4 Å². The predicted molar refractivity (Wildman–Crippen MR) is 135 cm³/mol. The number of benzene rings is 3. The molecule has 2 unspecified atom stereocenters. The molecule has 1 saturated carbocycles. The van der Waals surface area contributed by atoms with Crippen LogP contribution in [0, 0.1) is 11.8 Å². The van der Waals surface area contributed by atoms with Crippen molar-refractivity contribution in [3.63, 3.8) is 0 Å². The number of hydrogen-bond acceptors (Lipinski definition) is 4. The number of Topliss-reactive ketones (excluding diaryl/α,β-unsaturated/α-hetero) is 1. The molecule has 5 rings (SSSR count). The highest BCUT2D eigenvalue weighted by Crippen LogP contribution is 2.52. The van der Waals surface area contributed by atoms with Crippen molar-refractivity contribution in [1.82, 2.24) is 4.90 Å². The first kappa shape index (κ1) is 23.2. The Labute approximate surface area is 206 Å². The molecule has 180 valence electrons. The molecule has 2 aliphatic rings. The van der Waals surface area contributed by atoms with E-state index in [1.54, 1.807) is 14.2 Å². The van der Waals surface area contributed by atoms with Crippen LogP contribution in [0.5, 0.6) is 11.5 Å². The highest BCUT2D eigenvalue weighted by molar-refractivity contribution is 5.87.